The molecule has 1 aromatic carbocycles. The summed E-state index contributed by atoms with van der Waals surface area (Å²) in [6, 6.07) is 5.01. The molecule has 4 nitrogen and oxygen atoms in total. The van der Waals surface area contributed by atoms with Crippen molar-refractivity contribution in [2.24, 2.45) is 0 Å². The van der Waals surface area contributed by atoms with Crippen molar-refractivity contribution < 1.29 is 9.53 Å². The molecule has 0 heterocycles. The molecule has 1 aromatic rings. The fourth-order valence-corrected chi connectivity index (χ4v) is 1.34. The van der Waals surface area contributed by atoms with E-state index in [-0.39, 0.29) is 5.91 Å². The van der Waals surface area contributed by atoms with Gasteiger partial charge in [-0.25, -0.2) is 0 Å². The predicted molar refractivity (Wildman–Crippen MR) is 64.6 cm³/mol. The number of likely N-dealkylation sites (N-methyl/N-ethyl adjacent to an activating group) is 1. The lowest BCUT2D eigenvalue weighted by molar-refractivity contribution is 0.0811. The molecule has 4 heteroatoms. The Kier molecular flexibility index (Phi) is 3.94. The minimum atomic E-state index is -0.125. The first-order valence-corrected chi connectivity index (χ1v) is 4.90. The molecule has 0 saturated heterocycles. The first-order chi connectivity index (χ1) is 7.60. The fourth-order valence-electron chi connectivity index (χ4n) is 1.34. The molecule has 0 aliphatic rings. The van der Waals surface area contributed by atoms with E-state index in [0.29, 0.717) is 23.5 Å². The smallest absolute Gasteiger partial charge is 0.255 e. The minimum absolute atomic E-state index is 0.125. The normalized spacial score (nSPS) is 9.62. The number of carbonyl (C=O) groups excluding carboxylic acids is 1. The van der Waals surface area contributed by atoms with Gasteiger partial charge in [-0.2, -0.15) is 0 Å². The summed E-state index contributed by atoms with van der Waals surface area (Å²) < 4.78 is 5.02. The highest BCUT2D eigenvalue weighted by Crippen LogP contribution is 2.20. The predicted octanol–water partition coefficient (Wildman–Crippen LogP) is 1.54. The van der Waals surface area contributed by atoms with Crippen LogP contribution in [-0.4, -0.2) is 31.5 Å². The molecule has 86 valence electrons. The van der Waals surface area contributed by atoms with E-state index >= 15 is 0 Å². The van der Waals surface area contributed by atoms with Crippen molar-refractivity contribution in [3.8, 4) is 5.75 Å². The summed E-state index contributed by atoms with van der Waals surface area (Å²) >= 11 is 0. The number of hydrogen-bond acceptors (Lipinski definition) is 3. The number of benzene rings is 1. The average Bonchev–Trinajstić information content (AvgIpc) is 2.28. The van der Waals surface area contributed by atoms with Gasteiger partial charge < -0.3 is 15.4 Å². The maximum Gasteiger partial charge on any atom is 0.255 e. The van der Waals surface area contributed by atoms with E-state index in [0.717, 1.165) is 0 Å². The van der Waals surface area contributed by atoms with Crippen molar-refractivity contribution >= 4 is 11.6 Å². The highest BCUT2D eigenvalue weighted by molar-refractivity contribution is 5.99. The second kappa shape index (κ2) is 5.21. The van der Waals surface area contributed by atoms with Gasteiger partial charge >= 0.3 is 0 Å². The number of amides is 1. The summed E-state index contributed by atoms with van der Waals surface area (Å²) in [5.74, 6) is 0.514. The number of carbonyl (C=O) groups is 1. The Morgan fingerprint density at radius 2 is 2.31 bits per heavy atom. The molecule has 0 atom stereocenters. The van der Waals surface area contributed by atoms with Gasteiger partial charge in [0.15, 0.2) is 0 Å². The molecule has 0 bridgehead atoms. The molecule has 0 aromatic heterocycles. The summed E-state index contributed by atoms with van der Waals surface area (Å²) in [4.78, 5) is 13.5. The van der Waals surface area contributed by atoms with Gasteiger partial charge in [-0.05, 0) is 12.1 Å². The Hall–Kier alpha value is -1.97. The number of nitrogens with two attached hydrogens (primary N) is 1. The van der Waals surface area contributed by atoms with Gasteiger partial charge in [0, 0.05) is 25.3 Å². The molecular formula is C12H16N2O2. The highest BCUT2D eigenvalue weighted by Gasteiger charge is 2.13. The van der Waals surface area contributed by atoms with Crippen LogP contribution in [0.2, 0.25) is 0 Å². The van der Waals surface area contributed by atoms with Gasteiger partial charge in [0.2, 0.25) is 0 Å². The van der Waals surface area contributed by atoms with E-state index in [1.165, 1.54) is 0 Å². The minimum Gasteiger partial charge on any atom is -0.497 e. The number of anilines is 1. The standard InChI is InChI=1S/C12H16N2O2/c1-4-7-14(2)12(15)10-6-5-9(16-3)8-11(10)13/h4-6,8H,1,7,13H2,2-3H3. The molecule has 1 rings (SSSR count). The first kappa shape index (κ1) is 12.1. The molecule has 0 aliphatic heterocycles. The van der Waals surface area contributed by atoms with Crippen LogP contribution in [0, 0.1) is 0 Å². The lowest BCUT2D eigenvalue weighted by Crippen LogP contribution is -2.27. The van der Waals surface area contributed by atoms with Crippen molar-refractivity contribution in [3.63, 3.8) is 0 Å². The summed E-state index contributed by atoms with van der Waals surface area (Å²) in [7, 11) is 3.26. The van der Waals surface area contributed by atoms with Crippen LogP contribution in [0.25, 0.3) is 0 Å². The Labute approximate surface area is 95.3 Å². The van der Waals surface area contributed by atoms with Gasteiger partial charge in [-0.3, -0.25) is 4.79 Å². The molecular weight excluding hydrogens is 204 g/mol. The summed E-state index contributed by atoms with van der Waals surface area (Å²) in [5.41, 5.74) is 6.67. The zero-order valence-corrected chi connectivity index (χ0v) is 9.56. The maximum atomic E-state index is 11.9. The monoisotopic (exact) mass is 220 g/mol. The lowest BCUT2D eigenvalue weighted by Gasteiger charge is -2.16. The van der Waals surface area contributed by atoms with Crippen molar-refractivity contribution in [1.82, 2.24) is 4.90 Å². The third kappa shape index (κ3) is 2.53. The molecule has 0 unspecified atom stereocenters. The van der Waals surface area contributed by atoms with Crippen LogP contribution in [0.15, 0.2) is 30.9 Å². The van der Waals surface area contributed by atoms with Crippen molar-refractivity contribution in [3.05, 3.63) is 36.4 Å². The van der Waals surface area contributed by atoms with Crippen LogP contribution in [0.5, 0.6) is 5.75 Å². The maximum absolute atomic E-state index is 11.9. The Bertz CT molecular complexity index is 402. The van der Waals surface area contributed by atoms with Crippen LogP contribution < -0.4 is 10.5 Å². The number of hydrogen-bond donors (Lipinski definition) is 1. The Balaban J connectivity index is 2.95. The van der Waals surface area contributed by atoms with E-state index in [2.05, 4.69) is 6.58 Å². The quantitative estimate of drug-likeness (QED) is 0.618. The average molecular weight is 220 g/mol. The largest absolute Gasteiger partial charge is 0.497 e. The lowest BCUT2D eigenvalue weighted by atomic mass is 10.1. The zero-order valence-electron chi connectivity index (χ0n) is 9.56. The van der Waals surface area contributed by atoms with Gasteiger partial charge in [0.05, 0.1) is 12.7 Å². The molecule has 16 heavy (non-hydrogen) atoms. The number of nitrogen functional groups attached to an aromatic ring is 1. The second-order valence-electron chi connectivity index (χ2n) is 3.43. The van der Waals surface area contributed by atoms with Crippen LogP contribution in [0.3, 0.4) is 0 Å². The SMILES string of the molecule is C=CCN(C)C(=O)c1ccc(OC)cc1N. The highest BCUT2D eigenvalue weighted by atomic mass is 16.5. The molecule has 0 radical (unpaired) electrons. The van der Waals surface area contributed by atoms with Crippen LogP contribution in [0.1, 0.15) is 10.4 Å². The molecule has 1 amide bonds. The van der Waals surface area contributed by atoms with Gasteiger partial charge in [-0.15, -0.1) is 6.58 Å². The van der Waals surface area contributed by atoms with E-state index in [1.54, 1.807) is 43.3 Å². The second-order valence-corrected chi connectivity index (χ2v) is 3.43. The first-order valence-electron chi connectivity index (χ1n) is 4.90. The van der Waals surface area contributed by atoms with Gasteiger partial charge in [0.1, 0.15) is 5.75 Å². The molecule has 0 aliphatic carbocycles. The summed E-state index contributed by atoms with van der Waals surface area (Å²) in [5, 5.41) is 0. The fraction of sp³-hybridized carbons (Fsp3) is 0.250. The molecule has 0 saturated carbocycles. The van der Waals surface area contributed by atoms with Crippen LogP contribution in [0.4, 0.5) is 5.69 Å². The third-order valence-electron chi connectivity index (χ3n) is 2.24. The van der Waals surface area contributed by atoms with Crippen molar-refractivity contribution in [2.75, 3.05) is 26.4 Å². The molecule has 2 N–H and O–H groups in total. The zero-order chi connectivity index (χ0) is 12.1. The molecule has 0 fully saturated rings. The van der Waals surface area contributed by atoms with Crippen LogP contribution >= 0.6 is 0 Å². The van der Waals surface area contributed by atoms with Crippen molar-refractivity contribution in [2.45, 2.75) is 0 Å². The van der Waals surface area contributed by atoms with E-state index < -0.39 is 0 Å². The van der Waals surface area contributed by atoms with Crippen LogP contribution in [-0.2, 0) is 0 Å². The number of methoxy groups -OCH3 is 1. The van der Waals surface area contributed by atoms with Gasteiger partial charge in [-0.1, -0.05) is 6.08 Å². The number of nitrogens with zero attached hydrogens (tertiary/aromatic N) is 1. The number of ether oxygens (including phenoxy) is 1. The third-order valence-corrected chi connectivity index (χ3v) is 2.24. The van der Waals surface area contributed by atoms with E-state index in [4.69, 9.17) is 10.5 Å². The molecule has 0 spiro atoms. The number of rotatable bonds is 4. The van der Waals surface area contributed by atoms with Crippen molar-refractivity contribution in [1.29, 1.82) is 0 Å². The summed E-state index contributed by atoms with van der Waals surface area (Å²) in [6.07, 6.45) is 1.66. The topological polar surface area (TPSA) is 55.6 Å². The van der Waals surface area contributed by atoms with E-state index in [9.17, 15) is 4.79 Å². The van der Waals surface area contributed by atoms with Gasteiger partial charge in [0.25, 0.3) is 5.91 Å². The Morgan fingerprint density at radius 3 is 2.81 bits per heavy atom. The summed E-state index contributed by atoms with van der Waals surface area (Å²) in [6.45, 7) is 4.07. The van der Waals surface area contributed by atoms with E-state index in [1.807, 2.05) is 0 Å². The Morgan fingerprint density at radius 1 is 1.62 bits per heavy atom.